The number of carbonyl (C=O) groups is 1. The van der Waals surface area contributed by atoms with Crippen molar-refractivity contribution in [3.8, 4) is 5.75 Å². The quantitative estimate of drug-likeness (QED) is 0.823. The van der Waals surface area contributed by atoms with Crippen LogP contribution in [0.25, 0.3) is 0 Å². The Labute approximate surface area is 138 Å². The molecule has 1 unspecified atom stereocenters. The van der Waals surface area contributed by atoms with Gasteiger partial charge in [0.2, 0.25) is 0 Å². The van der Waals surface area contributed by atoms with Crippen molar-refractivity contribution in [1.82, 2.24) is 0 Å². The highest BCUT2D eigenvalue weighted by atomic mass is 35.5. The minimum atomic E-state index is -1.80. The molecule has 0 aromatic heterocycles. The van der Waals surface area contributed by atoms with E-state index in [1.807, 2.05) is 0 Å². The zero-order valence-electron chi connectivity index (χ0n) is 13.8. The summed E-state index contributed by atoms with van der Waals surface area (Å²) < 4.78 is 11.9. The van der Waals surface area contributed by atoms with Gasteiger partial charge < -0.3 is 14.5 Å². The smallest absolute Gasteiger partial charge is 0.265 e. The molecule has 0 saturated carbocycles. The normalized spacial score (nSPS) is 18.5. The summed E-state index contributed by atoms with van der Waals surface area (Å²) in [5, 5.41) is 3.57. The van der Waals surface area contributed by atoms with Crippen LogP contribution in [-0.4, -0.2) is 26.9 Å². The molecule has 0 aliphatic carbocycles. The first-order chi connectivity index (χ1) is 10.1. The van der Waals surface area contributed by atoms with Gasteiger partial charge in [0.25, 0.3) is 5.91 Å². The van der Waals surface area contributed by atoms with Crippen LogP contribution in [0.3, 0.4) is 0 Å². The number of amides is 1. The van der Waals surface area contributed by atoms with Gasteiger partial charge in [0.05, 0.1) is 5.69 Å². The summed E-state index contributed by atoms with van der Waals surface area (Å²) in [4.78, 5) is 12.1. The molecule has 1 aromatic rings. The van der Waals surface area contributed by atoms with Crippen LogP contribution in [0.5, 0.6) is 5.75 Å². The molecule has 0 bridgehead atoms. The van der Waals surface area contributed by atoms with E-state index in [1.54, 1.807) is 18.2 Å². The van der Waals surface area contributed by atoms with Gasteiger partial charge in [-0.3, -0.25) is 4.79 Å². The average Bonchev–Trinajstić information content (AvgIpc) is 2.38. The summed E-state index contributed by atoms with van der Waals surface area (Å²) in [6.45, 7) is 11.5. The Balaban J connectivity index is 1.95. The summed E-state index contributed by atoms with van der Waals surface area (Å²) in [6, 6.07) is 5.22. The van der Waals surface area contributed by atoms with Gasteiger partial charge in [-0.2, -0.15) is 0 Å². The van der Waals surface area contributed by atoms with E-state index in [0.29, 0.717) is 29.5 Å². The fourth-order valence-corrected chi connectivity index (χ4v) is 3.18. The van der Waals surface area contributed by atoms with Gasteiger partial charge in [0.1, 0.15) is 5.75 Å². The second-order valence-electron chi connectivity index (χ2n) is 7.13. The third kappa shape index (κ3) is 3.83. The van der Waals surface area contributed by atoms with E-state index < -0.39 is 14.4 Å². The maximum absolute atomic E-state index is 12.1. The highest BCUT2D eigenvalue weighted by Crippen LogP contribution is 2.37. The molecule has 6 heteroatoms. The monoisotopic (exact) mass is 341 g/mol. The molecule has 1 aromatic carbocycles. The van der Waals surface area contributed by atoms with E-state index in [4.69, 9.17) is 20.8 Å². The van der Waals surface area contributed by atoms with Crippen LogP contribution in [0.2, 0.25) is 23.2 Å². The Kier molecular flexibility index (Phi) is 4.89. The molecule has 0 radical (unpaired) electrons. The van der Waals surface area contributed by atoms with Crippen molar-refractivity contribution < 1.29 is 14.0 Å². The standard InChI is InChI=1S/C16H24ClNO3Si/c1-16(2,3)22(4,5)20-9-8-14-15(19)18-12-10-11(17)6-7-13(12)21-14/h6-7,10,14H,8-9H2,1-5H3,(H,18,19). The fraction of sp³-hybridized carbons (Fsp3) is 0.562. The van der Waals surface area contributed by atoms with E-state index >= 15 is 0 Å². The van der Waals surface area contributed by atoms with Crippen molar-refractivity contribution in [1.29, 1.82) is 0 Å². The summed E-state index contributed by atoms with van der Waals surface area (Å²) >= 11 is 5.91. The van der Waals surface area contributed by atoms with E-state index in [-0.39, 0.29) is 10.9 Å². The van der Waals surface area contributed by atoms with E-state index in [1.165, 1.54) is 0 Å². The molecule has 0 saturated heterocycles. The van der Waals surface area contributed by atoms with Crippen molar-refractivity contribution in [3.05, 3.63) is 23.2 Å². The van der Waals surface area contributed by atoms with Gasteiger partial charge in [-0.1, -0.05) is 32.4 Å². The molecule has 1 amide bonds. The molecule has 1 aliphatic rings. The van der Waals surface area contributed by atoms with E-state index in [2.05, 4.69) is 39.2 Å². The number of hydrogen-bond acceptors (Lipinski definition) is 3. The van der Waals surface area contributed by atoms with Crippen LogP contribution in [0.1, 0.15) is 27.2 Å². The first kappa shape index (κ1) is 17.3. The molecule has 0 fully saturated rings. The molecular weight excluding hydrogens is 318 g/mol. The van der Waals surface area contributed by atoms with Gasteiger partial charge in [-0.25, -0.2) is 0 Å². The second-order valence-corrected chi connectivity index (χ2v) is 12.4. The Morgan fingerprint density at radius 2 is 2.05 bits per heavy atom. The lowest BCUT2D eigenvalue weighted by Gasteiger charge is -2.36. The zero-order valence-corrected chi connectivity index (χ0v) is 15.6. The fourth-order valence-electron chi connectivity index (χ4n) is 1.95. The maximum Gasteiger partial charge on any atom is 0.265 e. The molecule has 1 N–H and O–H groups in total. The molecular formula is C16H24ClNO3Si. The Bertz CT molecular complexity index is 569. The SMILES string of the molecule is CC(C)(C)[Si](C)(C)OCCC1Oc2ccc(Cl)cc2NC1=O. The van der Waals surface area contributed by atoms with Crippen LogP contribution < -0.4 is 10.1 Å². The maximum atomic E-state index is 12.1. The summed E-state index contributed by atoms with van der Waals surface area (Å²) in [6.07, 6.45) is 0.0267. The van der Waals surface area contributed by atoms with Crippen LogP contribution in [0.4, 0.5) is 5.69 Å². The Morgan fingerprint density at radius 1 is 1.36 bits per heavy atom. The molecule has 1 atom stereocenters. The molecule has 0 spiro atoms. The number of fused-ring (bicyclic) bond motifs is 1. The van der Waals surface area contributed by atoms with Crippen molar-refractivity contribution in [2.75, 3.05) is 11.9 Å². The van der Waals surface area contributed by atoms with Gasteiger partial charge in [0, 0.05) is 18.1 Å². The van der Waals surface area contributed by atoms with Crippen LogP contribution >= 0.6 is 11.6 Å². The van der Waals surface area contributed by atoms with Crippen molar-refractivity contribution >= 4 is 31.5 Å². The van der Waals surface area contributed by atoms with Crippen LogP contribution in [0.15, 0.2) is 18.2 Å². The minimum absolute atomic E-state index is 0.145. The number of nitrogens with one attached hydrogen (secondary N) is 1. The Hall–Kier alpha value is -1.04. The number of hydrogen-bond donors (Lipinski definition) is 1. The molecule has 22 heavy (non-hydrogen) atoms. The van der Waals surface area contributed by atoms with Crippen LogP contribution in [0, 0.1) is 0 Å². The summed E-state index contributed by atoms with van der Waals surface area (Å²) in [7, 11) is -1.80. The molecule has 1 aliphatic heterocycles. The largest absolute Gasteiger partial charge is 0.478 e. The van der Waals surface area contributed by atoms with Gasteiger partial charge in [-0.05, 0) is 36.3 Å². The van der Waals surface area contributed by atoms with Gasteiger partial charge >= 0.3 is 0 Å². The molecule has 1 heterocycles. The van der Waals surface area contributed by atoms with Gasteiger partial charge in [-0.15, -0.1) is 0 Å². The Morgan fingerprint density at radius 3 is 2.68 bits per heavy atom. The molecule has 2 rings (SSSR count). The number of carbonyl (C=O) groups excluding carboxylic acids is 1. The summed E-state index contributed by atoms with van der Waals surface area (Å²) in [5.74, 6) is 0.509. The average molecular weight is 342 g/mol. The van der Waals surface area contributed by atoms with Crippen molar-refractivity contribution in [3.63, 3.8) is 0 Å². The third-order valence-electron chi connectivity index (χ3n) is 4.41. The minimum Gasteiger partial charge on any atom is -0.478 e. The second kappa shape index (κ2) is 6.22. The lowest BCUT2D eigenvalue weighted by molar-refractivity contribution is -0.124. The summed E-state index contributed by atoms with van der Waals surface area (Å²) in [5.41, 5.74) is 0.624. The van der Waals surface area contributed by atoms with E-state index in [9.17, 15) is 4.79 Å². The molecule has 122 valence electrons. The predicted molar refractivity (Wildman–Crippen MR) is 92.3 cm³/mol. The predicted octanol–water partition coefficient (Wildman–Crippen LogP) is 4.45. The first-order valence-corrected chi connectivity index (χ1v) is 10.8. The lowest BCUT2D eigenvalue weighted by atomic mass is 10.2. The number of halogens is 1. The number of benzene rings is 1. The number of ether oxygens (including phenoxy) is 1. The highest BCUT2D eigenvalue weighted by Gasteiger charge is 2.37. The van der Waals surface area contributed by atoms with Crippen LogP contribution in [-0.2, 0) is 9.22 Å². The van der Waals surface area contributed by atoms with Gasteiger partial charge in [0.15, 0.2) is 14.4 Å². The lowest BCUT2D eigenvalue weighted by Crippen LogP contribution is -2.43. The third-order valence-corrected chi connectivity index (χ3v) is 9.18. The van der Waals surface area contributed by atoms with Crippen molar-refractivity contribution in [2.24, 2.45) is 0 Å². The molecule has 4 nitrogen and oxygen atoms in total. The number of rotatable bonds is 4. The number of anilines is 1. The van der Waals surface area contributed by atoms with Crippen molar-refractivity contribution in [2.45, 2.75) is 51.4 Å². The van der Waals surface area contributed by atoms with E-state index in [0.717, 1.165) is 0 Å². The topological polar surface area (TPSA) is 47.6 Å². The highest BCUT2D eigenvalue weighted by molar-refractivity contribution is 6.74. The first-order valence-electron chi connectivity index (χ1n) is 7.51. The zero-order chi connectivity index (χ0) is 16.5.